The van der Waals surface area contributed by atoms with Gasteiger partial charge in [-0.1, -0.05) is 0 Å². The van der Waals surface area contributed by atoms with Crippen LogP contribution in [0, 0.1) is 0 Å². The van der Waals surface area contributed by atoms with Crippen LogP contribution in [0.1, 0.15) is 19.8 Å². The SMILES string of the molecule is CC(=O)N(OCC(=O)O)C1CCCN(CC2=NNNN2)C1. The Morgan fingerprint density at radius 3 is 3.00 bits per heavy atom. The van der Waals surface area contributed by atoms with Crippen molar-refractivity contribution in [2.75, 3.05) is 26.2 Å². The van der Waals surface area contributed by atoms with Crippen LogP contribution in [0.5, 0.6) is 0 Å². The lowest BCUT2D eigenvalue weighted by Gasteiger charge is -2.37. The largest absolute Gasteiger partial charge is 0.479 e. The maximum atomic E-state index is 11.6. The molecular formula is C11H20N6O4. The van der Waals surface area contributed by atoms with Gasteiger partial charge in [0.25, 0.3) is 0 Å². The number of likely N-dealkylation sites (tertiary alicyclic amines) is 1. The fourth-order valence-electron chi connectivity index (χ4n) is 2.45. The monoisotopic (exact) mass is 300 g/mol. The average molecular weight is 300 g/mol. The third-order valence-corrected chi connectivity index (χ3v) is 3.28. The number of rotatable bonds is 6. The molecule has 118 valence electrons. The molecule has 4 N–H and O–H groups in total. The van der Waals surface area contributed by atoms with E-state index in [0.717, 1.165) is 25.2 Å². The second-order valence-electron chi connectivity index (χ2n) is 4.96. The fourth-order valence-corrected chi connectivity index (χ4v) is 2.45. The number of amidine groups is 1. The minimum Gasteiger partial charge on any atom is -0.479 e. The van der Waals surface area contributed by atoms with Gasteiger partial charge in [-0.15, -0.1) is 10.6 Å². The number of hydroxylamine groups is 2. The summed E-state index contributed by atoms with van der Waals surface area (Å²) in [5, 5.41) is 13.9. The number of nitrogens with one attached hydrogen (secondary N) is 3. The highest BCUT2D eigenvalue weighted by molar-refractivity contribution is 5.84. The van der Waals surface area contributed by atoms with E-state index in [1.807, 2.05) is 0 Å². The van der Waals surface area contributed by atoms with Crippen LogP contribution in [0.4, 0.5) is 0 Å². The maximum absolute atomic E-state index is 11.6. The van der Waals surface area contributed by atoms with Crippen molar-refractivity contribution in [3.8, 4) is 0 Å². The number of hydrazone groups is 1. The van der Waals surface area contributed by atoms with Crippen LogP contribution < -0.4 is 16.5 Å². The zero-order chi connectivity index (χ0) is 15.2. The Morgan fingerprint density at radius 2 is 2.38 bits per heavy atom. The van der Waals surface area contributed by atoms with Gasteiger partial charge in [-0.2, -0.15) is 0 Å². The van der Waals surface area contributed by atoms with E-state index in [-0.39, 0.29) is 11.9 Å². The van der Waals surface area contributed by atoms with E-state index < -0.39 is 12.6 Å². The number of carbonyl (C=O) groups excluding carboxylic acids is 1. The highest BCUT2D eigenvalue weighted by Crippen LogP contribution is 2.16. The summed E-state index contributed by atoms with van der Waals surface area (Å²) in [6, 6.07) is -0.154. The first kappa shape index (κ1) is 15.5. The molecule has 2 aliphatic rings. The minimum atomic E-state index is -1.10. The zero-order valence-corrected chi connectivity index (χ0v) is 11.8. The van der Waals surface area contributed by atoms with E-state index in [9.17, 15) is 9.59 Å². The summed E-state index contributed by atoms with van der Waals surface area (Å²) in [5.74, 6) is -0.630. The van der Waals surface area contributed by atoms with Crippen LogP contribution in [0.2, 0.25) is 0 Å². The third kappa shape index (κ3) is 4.55. The van der Waals surface area contributed by atoms with E-state index in [2.05, 4.69) is 26.5 Å². The topological polar surface area (TPSA) is 119 Å². The van der Waals surface area contributed by atoms with Crippen LogP contribution in [-0.4, -0.2) is 65.1 Å². The molecule has 2 rings (SSSR count). The molecule has 0 radical (unpaired) electrons. The number of carbonyl (C=O) groups is 2. The highest BCUT2D eigenvalue weighted by Gasteiger charge is 2.29. The molecule has 21 heavy (non-hydrogen) atoms. The van der Waals surface area contributed by atoms with Gasteiger partial charge >= 0.3 is 5.97 Å². The first-order chi connectivity index (χ1) is 10.1. The molecule has 0 aromatic rings. The lowest BCUT2D eigenvalue weighted by atomic mass is 10.1. The Bertz CT molecular complexity index is 429. The van der Waals surface area contributed by atoms with E-state index in [1.165, 1.54) is 12.0 Å². The number of carboxylic acid groups (broad SMARTS) is 1. The minimum absolute atomic E-state index is 0.154. The molecule has 0 saturated carbocycles. The smallest absolute Gasteiger partial charge is 0.332 e. The van der Waals surface area contributed by atoms with Crippen molar-refractivity contribution >= 4 is 17.7 Å². The van der Waals surface area contributed by atoms with E-state index in [4.69, 9.17) is 9.94 Å². The molecule has 1 fully saturated rings. The van der Waals surface area contributed by atoms with Crippen molar-refractivity contribution in [1.82, 2.24) is 26.5 Å². The van der Waals surface area contributed by atoms with Gasteiger partial charge in [-0.25, -0.2) is 15.4 Å². The molecule has 0 spiro atoms. The predicted molar refractivity (Wildman–Crippen MR) is 72.4 cm³/mol. The summed E-state index contributed by atoms with van der Waals surface area (Å²) in [4.78, 5) is 29.5. The van der Waals surface area contributed by atoms with Gasteiger partial charge in [-0.3, -0.25) is 20.0 Å². The molecule has 0 aromatic heterocycles. The fraction of sp³-hybridized carbons (Fsp3) is 0.727. The number of nitrogens with zero attached hydrogens (tertiary/aromatic N) is 3. The second kappa shape index (κ2) is 7.20. The molecule has 1 saturated heterocycles. The Labute approximate surface area is 122 Å². The summed E-state index contributed by atoms with van der Waals surface area (Å²) < 4.78 is 0. The highest BCUT2D eigenvalue weighted by atomic mass is 16.7. The molecular weight excluding hydrogens is 280 g/mol. The normalized spacial score (nSPS) is 22.1. The lowest BCUT2D eigenvalue weighted by molar-refractivity contribution is -0.207. The first-order valence-electron chi connectivity index (χ1n) is 6.75. The van der Waals surface area contributed by atoms with Crippen LogP contribution in [0.15, 0.2) is 5.10 Å². The van der Waals surface area contributed by atoms with Gasteiger partial charge in [-0.05, 0) is 19.4 Å². The van der Waals surface area contributed by atoms with Crippen molar-refractivity contribution in [2.45, 2.75) is 25.8 Å². The molecule has 2 heterocycles. The molecule has 0 aromatic carbocycles. The summed E-state index contributed by atoms with van der Waals surface area (Å²) >= 11 is 0. The van der Waals surface area contributed by atoms with Gasteiger partial charge < -0.3 is 5.11 Å². The summed E-state index contributed by atoms with van der Waals surface area (Å²) in [5.41, 5.74) is 8.12. The lowest BCUT2D eigenvalue weighted by Crippen LogP contribution is -2.52. The molecule has 10 nitrogen and oxygen atoms in total. The van der Waals surface area contributed by atoms with Crippen molar-refractivity contribution in [3.05, 3.63) is 0 Å². The first-order valence-corrected chi connectivity index (χ1v) is 6.75. The van der Waals surface area contributed by atoms with Crippen LogP contribution in [0.3, 0.4) is 0 Å². The van der Waals surface area contributed by atoms with Crippen molar-refractivity contribution in [2.24, 2.45) is 5.10 Å². The molecule has 10 heteroatoms. The van der Waals surface area contributed by atoms with Crippen LogP contribution in [-0.2, 0) is 14.4 Å². The van der Waals surface area contributed by atoms with Gasteiger partial charge in [0.05, 0.1) is 12.6 Å². The van der Waals surface area contributed by atoms with E-state index in [0.29, 0.717) is 13.1 Å². The molecule has 2 aliphatic heterocycles. The average Bonchev–Trinajstić information content (AvgIpc) is 2.91. The molecule has 0 aliphatic carbocycles. The quantitative estimate of drug-likeness (QED) is 0.426. The Balaban J connectivity index is 1.90. The van der Waals surface area contributed by atoms with Gasteiger partial charge in [0.15, 0.2) is 12.4 Å². The number of hydrazine groups is 2. The summed E-state index contributed by atoms with van der Waals surface area (Å²) in [6.07, 6.45) is 1.69. The number of amides is 1. The molecule has 1 unspecified atom stereocenters. The Morgan fingerprint density at radius 1 is 1.57 bits per heavy atom. The van der Waals surface area contributed by atoms with Gasteiger partial charge in [0.2, 0.25) is 5.91 Å². The predicted octanol–water partition coefficient (Wildman–Crippen LogP) is -1.76. The standard InChI is InChI=1S/C11H20N6O4/c1-8(18)17(21-7-11(19)20)9-3-2-4-16(5-9)6-10-12-14-15-13-10/h9,14-15H,2-7H2,1H3,(H,12,13)(H,19,20). The second-order valence-corrected chi connectivity index (χ2v) is 4.96. The molecule has 1 atom stereocenters. The zero-order valence-electron chi connectivity index (χ0n) is 11.8. The van der Waals surface area contributed by atoms with Crippen molar-refractivity contribution in [1.29, 1.82) is 0 Å². The van der Waals surface area contributed by atoms with Crippen LogP contribution >= 0.6 is 0 Å². The Kier molecular flexibility index (Phi) is 5.31. The van der Waals surface area contributed by atoms with Gasteiger partial charge in [0.1, 0.15) is 0 Å². The number of hydrogen-bond donors (Lipinski definition) is 4. The number of aliphatic carboxylic acids is 1. The summed E-state index contributed by atoms with van der Waals surface area (Å²) in [6.45, 7) is 2.97. The third-order valence-electron chi connectivity index (χ3n) is 3.28. The molecule has 1 amide bonds. The van der Waals surface area contributed by atoms with E-state index in [1.54, 1.807) is 0 Å². The van der Waals surface area contributed by atoms with E-state index >= 15 is 0 Å². The van der Waals surface area contributed by atoms with Crippen molar-refractivity contribution in [3.63, 3.8) is 0 Å². The number of carboxylic acids is 1. The summed E-state index contributed by atoms with van der Waals surface area (Å²) in [7, 11) is 0. The van der Waals surface area contributed by atoms with Crippen molar-refractivity contribution < 1.29 is 19.5 Å². The number of hydrogen-bond acceptors (Lipinski definition) is 8. The molecule has 0 bridgehead atoms. The van der Waals surface area contributed by atoms with Gasteiger partial charge in [0, 0.05) is 13.5 Å². The number of piperidine rings is 1. The maximum Gasteiger partial charge on any atom is 0.332 e. The Hall–Kier alpha value is -1.91. The van der Waals surface area contributed by atoms with Crippen LogP contribution in [0.25, 0.3) is 0 Å².